The Labute approximate surface area is 72.2 Å². The van der Waals surface area contributed by atoms with Gasteiger partial charge < -0.3 is 19.9 Å². The van der Waals surface area contributed by atoms with Crippen LogP contribution in [-0.4, -0.2) is 30.6 Å². The Morgan fingerprint density at radius 3 is 2.83 bits per heavy atom. The molecule has 2 N–H and O–H groups in total. The lowest BCUT2D eigenvalue weighted by Gasteiger charge is -2.18. The van der Waals surface area contributed by atoms with E-state index < -0.39 is 5.79 Å². The van der Waals surface area contributed by atoms with Crippen molar-refractivity contribution in [3.05, 3.63) is 12.0 Å². The third-order valence-corrected chi connectivity index (χ3v) is 1.44. The summed E-state index contributed by atoms with van der Waals surface area (Å²) in [5, 5.41) is 11.5. The van der Waals surface area contributed by atoms with Gasteiger partial charge in [0.2, 0.25) is 5.79 Å². The van der Waals surface area contributed by atoms with E-state index in [9.17, 15) is 0 Å². The molecular weight excluding hydrogens is 158 g/mol. The molecule has 4 heteroatoms. The Bertz CT molecular complexity index is 177. The Morgan fingerprint density at radius 2 is 2.33 bits per heavy atom. The van der Waals surface area contributed by atoms with E-state index in [-0.39, 0.29) is 6.61 Å². The van der Waals surface area contributed by atoms with Crippen molar-refractivity contribution in [1.29, 1.82) is 0 Å². The standard InChI is InChI=1S/C8H15NO3/c1-8(2)11-6-7(12-8)5-9-3-4-10/h6,9-10H,3-5H2,1-2H3. The second-order valence-corrected chi connectivity index (χ2v) is 3.10. The summed E-state index contributed by atoms with van der Waals surface area (Å²) >= 11 is 0. The third-order valence-electron chi connectivity index (χ3n) is 1.44. The van der Waals surface area contributed by atoms with Crippen LogP contribution in [0.5, 0.6) is 0 Å². The first-order valence-corrected chi connectivity index (χ1v) is 4.01. The highest BCUT2D eigenvalue weighted by Gasteiger charge is 2.26. The second-order valence-electron chi connectivity index (χ2n) is 3.10. The minimum absolute atomic E-state index is 0.136. The largest absolute Gasteiger partial charge is 0.457 e. The molecule has 1 heterocycles. The minimum Gasteiger partial charge on any atom is -0.457 e. The molecule has 0 saturated heterocycles. The predicted molar refractivity (Wildman–Crippen MR) is 44.3 cm³/mol. The molecule has 0 aromatic carbocycles. The number of hydrogen-bond acceptors (Lipinski definition) is 4. The van der Waals surface area contributed by atoms with Gasteiger partial charge in [-0.25, -0.2) is 0 Å². The van der Waals surface area contributed by atoms with Crippen LogP contribution < -0.4 is 5.32 Å². The molecule has 12 heavy (non-hydrogen) atoms. The summed E-state index contributed by atoms with van der Waals surface area (Å²) < 4.78 is 10.6. The molecule has 70 valence electrons. The fraction of sp³-hybridized carbons (Fsp3) is 0.750. The third kappa shape index (κ3) is 2.71. The van der Waals surface area contributed by atoms with Crippen LogP contribution in [0, 0.1) is 0 Å². The van der Waals surface area contributed by atoms with Crippen LogP contribution in [0.25, 0.3) is 0 Å². The predicted octanol–water partition coefficient (Wildman–Crippen LogP) is 0.193. The first kappa shape index (κ1) is 9.35. The zero-order chi connectivity index (χ0) is 9.03. The SMILES string of the molecule is CC1(C)OC=C(CNCCO)O1. The Morgan fingerprint density at radius 1 is 1.58 bits per heavy atom. The van der Waals surface area contributed by atoms with E-state index in [4.69, 9.17) is 14.6 Å². The van der Waals surface area contributed by atoms with E-state index in [0.29, 0.717) is 13.1 Å². The minimum atomic E-state index is -0.532. The monoisotopic (exact) mass is 173 g/mol. The summed E-state index contributed by atoms with van der Waals surface area (Å²) in [6, 6.07) is 0. The smallest absolute Gasteiger partial charge is 0.244 e. The lowest BCUT2D eigenvalue weighted by atomic mass is 10.4. The molecule has 0 aromatic rings. The van der Waals surface area contributed by atoms with Crippen LogP contribution in [0.15, 0.2) is 12.0 Å². The number of aliphatic hydroxyl groups excluding tert-OH is 1. The molecule has 0 radical (unpaired) electrons. The molecule has 0 aromatic heterocycles. The first-order valence-electron chi connectivity index (χ1n) is 4.01. The molecule has 4 nitrogen and oxygen atoms in total. The van der Waals surface area contributed by atoms with Gasteiger partial charge in [-0.1, -0.05) is 0 Å². The highest BCUT2D eigenvalue weighted by molar-refractivity contribution is 4.97. The Kier molecular flexibility index (Phi) is 2.94. The first-order chi connectivity index (χ1) is 5.64. The summed E-state index contributed by atoms with van der Waals surface area (Å²) in [4.78, 5) is 0. The maximum Gasteiger partial charge on any atom is 0.244 e. The molecule has 0 aliphatic carbocycles. The highest BCUT2D eigenvalue weighted by atomic mass is 16.7. The molecule has 0 bridgehead atoms. The van der Waals surface area contributed by atoms with Crippen molar-refractivity contribution in [2.45, 2.75) is 19.6 Å². The normalized spacial score (nSPS) is 19.8. The lowest BCUT2D eigenvalue weighted by molar-refractivity contribution is -0.116. The Hall–Kier alpha value is -0.740. The number of hydrogen-bond donors (Lipinski definition) is 2. The van der Waals surface area contributed by atoms with Gasteiger partial charge in [-0.05, 0) is 0 Å². The molecule has 0 atom stereocenters. The number of ether oxygens (including phenoxy) is 2. The maximum atomic E-state index is 8.49. The van der Waals surface area contributed by atoms with Gasteiger partial charge in [0.05, 0.1) is 13.2 Å². The molecule has 0 fully saturated rings. The van der Waals surface area contributed by atoms with Crippen LogP contribution in [0.3, 0.4) is 0 Å². The Balaban J connectivity index is 2.19. The molecule has 0 saturated carbocycles. The van der Waals surface area contributed by atoms with Crippen LogP contribution >= 0.6 is 0 Å². The number of nitrogens with one attached hydrogen (secondary N) is 1. The number of aliphatic hydroxyl groups is 1. The van der Waals surface area contributed by atoms with Gasteiger partial charge in [-0.15, -0.1) is 0 Å². The van der Waals surface area contributed by atoms with Gasteiger partial charge in [0.25, 0.3) is 0 Å². The number of rotatable bonds is 4. The summed E-state index contributed by atoms with van der Waals surface area (Å²) in [6.45, 7) is 5.01. The molecule has 1 aliphatic rings. The van der Waals surface area contributed by atoms with Crippen molar-refractivity contribution >= 4 is 0 Å². The quantitative estimate of drug-likeness (QED) is 0.596. The molecule has 0 amide bonds. The van der Waals surface area contributed by atoms with Gasteiger partial charge in [0.1, 0.15) is 12.0 Å². The topological polar surface area (TPSA) is 50.7 Å². The summed E-state index contributed by atoms with van der Waals surface area (Å²) in [6.07, 6.45) is 1.60. The summed E-state index contributed by atoms with van der Waals surface area (Å²) in [5.41, 5.74) is 0. The van der Waals surface area contributed by atoms with Crippen molar-refractivity contribution in [2.75, 3.05) is 19.7 Å². The lowest BCUT2D eigenvalue weighted by Crippen LogP contribution is -2.25. The maximum absolute atomic E-state index is 8.49. The van der Waals surface area contributed by atoms with E-state index in [1.54, 1.807) is 6.26 Å². The summed E-state index contributed by atoms with van der Waals surface area (Å²) in [7, 11) is 0. The van der Waals surface area contributed by atoms with Crippen molar-refractivity contribution in [3.63, 3.8) is 0 Å². The molecule has 0 spiro atoms. The van der Waals surface area contributed by atoms with Gasteiger partial charge in [-0.3, -0.25) is 0 Å². The summed E-state index contributed by atoms with van der Waals surface area (Å²) in [5.74, 6) is 0.240. The second kappa shape index (κ2) is 3.78. The fourth-order valence-electron chi connectivity index (χ4n) is 0.940. The van der Waals surface area contributed by atoms with Gasteiger partial charge in [0.15, 0.2) is 0 Å². The molecule has 0 unspecified atom stereocenters. The van der Waals surface area contributed by atoms with Crippen molar-refractivity contribution in [1.82, 2.24) is 5.32 Å². The molecule has 1 rings (SSSR count). The van der Waals surface area contributed by atoms with Crippen molar-refractivity contribution in [2.24, 2.45) is 0 Å². The van der Waals surface area contributed by atoms with Gasteiger partial charge >= 0.3 is 0 Å². The van der Waals surface area contributed by atoms with E-state index in [2.05, 4.69) is 5.32 Å². The average molecular weight is 173 g/mol. The van der Waals surface area contributed by atoms with Gasteiger partial charge in [-0.2, -0.15) is 0 Å². The van der Waals surface area contributed by atoms with Crippen molar-refractivity contribution < 1.29 is 14.6 Å². The average Bonchev–Trinajstić information content (AvgIpc) is 2.31. The highest BCUT2D eigenvalue weighted by Crippen LogP contribution is 2.23. The van der Waals surface area contributed by atoms with E-state index >= 15 is 0 Å². The van der Waals surface area contributed by atoms with E-state index in [1.165, 1.54) is 0 Å². The molecular formula is C8H15NO3. The van der Waals surface area contributed by atoms with Crippen LogP contribution in [0.2, 0.25) is 0 Å². The van der Waals surface area contributed by atoms with Gasteiger partial charge in [0, 0.05) is 20.4 Å². The zero-order valence-electron chi connectivity index (χ0n) is 7.46. The van der Waals surface area contributed by atoms with Crippen molar-refractivity contribution in [3.8, 4) is 0 Å². The van der Waals surface area contributed by atoms with Crippen LogP contribution in [-0.2, 0) is 9.47 Å². The van der Waals surface area contributed by atoms with E-state index in [1.807, 2.05) is 13.8 Å². The van der Waals surface area contributed by atoms with Crippen LogP contribution in [0.4, 0.5) is 0 Å². The van der Waals surface area contributed by atoms with Crippen LogP contribution in [0.1, 0.15) is 13.8 Å². The molecule has 1 aliphatic heterocycles. The fourth-order valence-corrected chi connectivity index (χ4v) is 0.940. The zero-order valence-corrected chi connectivity index (χ0v) is 7.46. The van der Waals surface area contributed by atoms with E-state index in [0.717, 1.165) is 5.76 Å².